The smallest absolute Gasteiger partial charge is 0.329 e. The summed E-state index contributed by atoms with van der Waals surface area (Å²) in [6.07, 6.45) is 0. The highest BCUT2D eigenvalue weighted by molar-refractivity contribution is 6.05. The van der Waals surface area contributed by atoms with Gasteiger partial charge in [0.05, 0.1) is 10.9 Å². The number of hydrogen-bond donors (Lipinski definition) is 1. The number of carbonyl (C=O) groups is 1. The van der Waals surface area contributed by atoms with Gasteiger partial charge in [0.1, 0.15) is 12.2 Å². The molecule has 4 rings (SSSR count). The predicted molar refractivity (Wildman–Crippen MR) is 117 cm³/mol. The maximum atomic E-state index is 13.4. The van der Waals surface area contributed by atoms with Gasteiger partial charge in [-0.1, -0.05) is 28.9 Å². The maximum Gasteiger partial charge on any atom is 0.329 e. The highest BCUT2D eigenvalue weighted by Crippen LogP contribution is 2.20. The third kappa shape index (κ3) is 3.82. The minimum absolute atomic E-state index is 0.0622. The first kappa shape index (κ1) is 21.2. The second-order valence-electron chi connectivity index (χ2n) is 7.53. The van der Waals surface area contributed by atoms with Crippen LogP contribution in [0.1, 0.15) is 34.4 Å². The number of aromatic nitrogens is 5. The zero-order valence-electron chi connectivity index (χ0n) is 18.2. The molecule has 10 heteroatoms. The van der Waals surface area contributed by atoms with E-state index in [-0.39, 0.29) is 29.0 Å². The average molecular weight is 434 g/mol. The Labute approximate surface area is 182 Å². The second-order valence-corrected chi connectivity index (χ2v) is 7.53. The van der Waals surface area contributed by atoms with Gasteiger partial charge in [-0.3, -0.25) is 19.1 Å². The van der Waals surface area contributed by atoms with Crippen molar-refractivity contribution in [3.63, 3.8) is 0 Å². The van der Waals surface area contributed by atoms with Gasteiger partial charge >= 0.3 is 5.69 Å². The minimum Gasteiger partial charge on any atom is -0.337 e. The Morgan fingerprint density at radius 1 is 1.19 bits per heavy atom. The SMILES string of the molecule is CCN(Cc1nc(-c2cccc(C)c2)no1)C(=O)c1cc(C)nc2c1c(=O)[nH]c(=O)n2C. The number of aryl methyl sites for hydroxylation is 3. The van der Waals surface area contributed by atoms with E-state index >= 15 is 0 Å². The van der Waals surface area contributed by atoms with Crippen molar-refractivity contribution in [1.29, 1.82) is 0 Å². The van der Waals surface area contributed by atoms with Crippen LogP contribution < -0.4 is 11.2 Å². The van der Waals surface area contributed by atoms with Gasteiger partial charge in [0, 0.05) is 24.8 Å². The predicted octanol–water partition coefficient (Wildman–Crippen LogP) is 1.95. The van der Waals surface area contributed by atoms with Gasteiger partial charge in [0.2, 0.25) is 11.7 Å². The molecule has 1 aromatic carbocycles. The van der Waals surface area contributed by atoms with Crippen LogP contribution >= 0.6 is 0 Å². The zero-order chi connectivity index (χ0) is 23.0. The molecule has 10 nitrogen and oxygen atoms in total. The molecular weight excluding hydrogens is 412 g/mol. The Morgan fingerprint density at radius 2 is 1.97 bits per heavy atom. The Balaban J connectivity index is 1.70. The van der Waals surface area contributed by atoms with E-state index in [4.69, 9.17) is 4.52 Å². The summed E-state index contributed by atoms with van der Waals surface area (Å²) in [4.78, 5) is 50.3. The van der Waals surface area contributed by atoms with Gasteiger partial charge in [0.25, 0.3) is 11.5 Å². The molecule has 32 heavy (non-hydrogen) atoms. The molecule has 0 spiro atoms. The number of benzene rings is 1. The minimum atomic E-state index is -0.658. The summed E-state index contributed by atoms with van der Waals surface area (Å²) >= 11 is 0. The molecule has 0 bridgehead atoms. The molecule has 0 saturated heterocycles. The lowest BCUT2D eigenvalue weighted by Gasteiger charge is -2.20. The number of nitrogens with one attached hydrogen (secondary N) is 1. The standard InChI is InChI=1S/C22H22N6O4/c1-5-28(11-16-24-18(26-32-16)14-8-6-7-12(2)9-14)21(30)15-10-13(3)23-19-17(15)20(29)25-22(31)27(19)4/h6-10H,5,11H2,1-4H3,(H,25,29,31). The summed E-state index contributed by atoms with van der Waals surface area (Å²) in [5.41, 5.74) is 1.45. The fraction of sp³-hybridized carbons (Fsp3) is 0.273. The van der Waals surface area contributed by atoms with Crippen LogP contribution in [0.2, 0.25) is 0 Å². The van der Waals surface area contributed by atoms with E-state index in [1.165, 1.54) is 16.5 Å². The van der Waals surface area contributed by atoms with E-state index in [1.807, 2.05) is 38.1 Å². The van der Waals surface area contributed by atoms with Gasteiger partial charge in [0.15, 0.2) is 0 Å². The van der Waals surface area contributed by atoms with Crippen LogP contribution in [0, 0.1) is 13.8 Å². The Bertz CT molecular complexity index is 1450. The van der Waals surface area contributed by atoms with Gasteiger partial charge in [-0.05, 0) is 32.9 Å². The third-order valence-electron chi connectivity index (χ3n) is 5.17. The van der Waals surface area contributed by atoms with Crippen LogP contribution in [-0.4, -0.2) is 42.0 Å². The molecule has 1 amide bonds. The summed E-state index contributed by atoms with van der Waals surface area (Å²) in [7, 11) is 1.49. The lowest BCUT2D eigenvalue weighted by molar-refractivity contribution is 0.0736. The van der Waals surface area contributed by atoms with Crippen LogP contribution in [0.4, 0.5) is 0 Å². The van der Waals surface area contributed by atoms with Crippen molar-refractivity contribution in [3.8, 4) is 11.4 Å². The van der Waals surface area contributed by atoms with E-state index in [2.05, 4.69) is 20.1 Å². The highest BCUT2D eigenvalue weighted by atomic mass is 16.5. The van der Waals surface area contributed by atoms with Crippen LogP contribution in [0.3, 0.4) is 0 Å². The Hall–Kier alpha value is -4.08. The summed E-state index contributed by atoms with van der Waals surface area (Å²) < 4.78 is 6.58. The van der Waals surface area contributed by atoms with Gasteiger partial charge in [-0.2, -0.15) is 4.98 Å². The van der Waals surface area contributed by atoms with E-state index < -0.39 is 17.2 Å². The topological polar surface area (TPSA) is 127 Å². The largest absolute Gasteiger partial charge is 0.337 e. The first-order chi connectivity index (χ1) is 15.3. The normalized spacial score (nSPS) is 11.1. The molecule has 1 N–H and O–H groups in total. The van der Waals surface area contributed by atoms with Gasteiger partial charge in [-0.15, -0.1) is 0 Å². The van der Waals surface area contributed by atoms with Crippen LogP contribution in [0.5, 0.6) is 0 Å². The number of amides is 1. The fourth-order valence-corrected chi connectivity index (χ4v) is 3.51. The monoisotopic (exact) mass is 434 g/mol. The van der Waals surface area contributed by atoms with Crippen molar-refractivity contribution < 1.29 is 9.32 Å². The van der Waals surface area contributed by atoms with Crippen molar-refractivity contribution in [3.05, 3.63) is 73.9 Å². The van der Waals surface area contributed by atoms with E-state index in [1.54, 1.807) is 13.0 Å². The van der Waals surface area contributed by atoms with E-state index in [0.717, 1.165) is 11.1 Å². The lowest BCUT2D eigenvalue weighted by atomic mass is 10.1. The number of pyridine rings is 1. The van der Waals surface area contributed by atoms with Crippen molar-refractivity contribution in [2.45, 2.75) is 27.3 Å². The Kier molecular flexibility index (Phi) is 5.43. The second kappa shape index (κ2) is 8.22. The number of carbonyl (C=O) groups excluding carboxylic acids is 1. The molecule has 0 radical (unpaired) electrons. The summed E-state index contributed by atoms with van der Waals surface area (Å²) in [5, 5.41) is 4.08. The molecule has 0 atom stereocenters. The first-order valence-corrected chi connectivity index (χ1v) is 10.1. The van der Waals surface area contributed by atoms with Gasteiger partial charge in [-0.25, -0.2) is 9.78 Å². The van der Waals surface area contributed by atoms with Gasteiger partial charge < -0.3 is 9.42 Å². The summed E-state index contributed by atoms with van der Waals surface area (Å²) in [5.74, 6) is 0.305. The van der Waals surface area contributed by atoms with Crippen molar-refractivity contribution in [1.82, 2.24) is 29.6 Å². The van der Waals surface area contributed by atoms with Crippen molar-refractivity contribution in [2.75, 3.05) is 6.54 Å². The Morgan fingerprint density at radius 3 is 2.69 bits per heavy atom. The van der Waals surface area contributed by atoms with E-state index in [9.17, 15) is 14.4 Å². The molecule has 164 valence electrons. The van der Waals surface area contributed by atoms with Crippen molar-refractivity contribution >= 4 is 16.9 Å². The molecule has 3 heterocycles. The number of H-pyrrole nitrogens is 1. The molecule has 4 aromatic rings. The van der Waals surface area contributed by atoms with Crippen LogP contribution in [-0.2, 0) is 13.6 Å². The molecule has 0 aliphatic rings. The fourth-order valence-electron chi connectivity index (χ4n) is 3.51. The number of hydrogen-bond acceptors (Lipinski definition) is 7. The first-order valence-electron chi connectivity index (χ1n) is 10.1. The quantitative estimate of drug-likeness (QED) is 0.508. The van der Waals surface area contributed by atoms with Crippen LogP contribution in [0.15, 0.2) is 44.4 Å². The molecule has 0 fully saturated rings. The maximum absolute atomic E-state index is 13.4. The van der Waals surface area contributed by atoms with E-state index in [0.29, 0.717) is 18.1 Å². The summed E-state index contributed by atoms with van der Waals surface area (Å²) in [6.45, 7) is 5.89. The van der Waals surface area contributed by atoms with Crippen molar-refractivity contribution in [2.24, 2.45) is 7.05 Å². The lowest BCUT2D eigenvalue weighted by Crippen LogP contribution is -2.34. The zero-order valence-corrected chi connectivity index (χ0v) is 18.2. The number of rotatable bonds is 5. The molecule has 0 aliphatic carbocycles. The molecule has 0 aliphatic heterocycles. The third-order valence-corrected chi connectivity index (χ3v) is 5.17. The molecule has 0 saturated carbocycles. The average Bonchev–Trinajstić information content (AvgIpc) is 3.23. The summed E-state index contributed by atoms with van der Waals surface area (Å²) in [6, 6.07) is 9.25. The molecule has 3 aromatic heterocycles. The number of nitrogens with zero attached hydrogens (tertiary/aromatic N) is 5. The molecular formula is C22H22N6O4. The highest BCUT2D eigenvalue weighted by Gasteiger charge is 2.23. The number of aromatic amines is 1. The van der Waals surface area contributed by atoms with Crippen LogP contribution in [0.25, 0.3) is 22.4 Å². The number of fused-ring (bicyclic) bond motifs is 1. The molecule has 0 unspecified atom stereocenters.